The Labute approximate surface area is 105 Å². The minimum atomic E-state index is -0.0684. The van der Waals surface area contributed by atoms with Gasteiger partial charge in [0.15, 0.2) is 0 Å². The van der Waals surface area contributed by atoms with E-state index in [0.29, 0.717) is 12.1 Å². The molecule has 3 heterocycles. The lowest BCUT2D eigenvalue weighted by molar-refractivity contribution is 0.0857. The first-order valence-electron chi connectivity index (χ1n) is 6.15. The number of nitrogens with zero attached hydrogens (tertiary/aromatic N) is 2. The average Bonchev–Trinajstić information content (AvgIpc) is 3.05. The lowest BCUT2D eigenvalue weighted by atomic mass is 10.2. The maximum atomic E-state index is 12.0. The minimum Gasteiger partial charge on any atom is -0.376 e. The number of amides is 1. The van der Waals surface area contributed by atoms with Gasteiger partial charge in [-0.3, -0.25) is 4.79 Å². The Kier molecular flexibility index (Phi) is 2.98. The molecule has 0 spiro atoms. The first kappa shape index (κ1) is 11.2. The van der Waals surface area contributed by atoms with Crippen molar-refractivity contribution in [3.63, 3.8) is 0 Å². The summed E-state index contributed by atoms with van der Waals surface area (Å²) in [5.41, 5.74) is 1.48. The molecule has 2 aromatic heterocycles. The van der Waals surface area contributed by atoms with Gasteiger partial charge >= 0.3 is 0 Å². The number of nitrogens with one attached hydrogen (secondary N) is 1. The predicted octanol–water partition coefficient (Wildman–Crippen LogP) is 1.24. The zero-order chi connectivity index (χ0) is 12.4. The fourth-order valence-electron chi connectivity index (χ4n) is 2.17. The Balaban J connectivity index is 1.67. The zero-order valence-electron chi connectivity index (χ0n) is 10.0. The molecule has 1 fully saturated rings. The van der Waals surface area contributed by atoms with Gasteiger partial charge in [0.05, 0.1) is 11.7 Å². The molecule has 94 valence electrons. The minimum absolute atomic E-state index is 0.0684. The molecule has 2 aromatic rings. The van der Waals surface area contributed by atoms with Gasteiger partial charge in [-0.15, -0.1) is 0 Å². The van der Waals surface area contributed by atoms with Crippen LogP contribution in [0.15, 0.2) is 30.7 Å². The van der Waals surface area contributed by atoms with Crippen LogP contribution in [0, 0.1) is 0 Å². The molecule has 1 atom stereocenters. The van der Waals surface area contributed by atoms with E-state index in [0.717, 1.165) is 25.1 Å². The zero-order valence-corrected chi connectivity index (χ0v) is 10.0. The monoisotopic (exact) mass is 245 g/mol. The normalized spacial score (nSPS) is 19.2. The molecular formula is C13H15N3O2. The molecule has 0 bridgehead atoms. The molecule has 1 aliphatic rings. The Bertz CT molecular complexity index is 558. The lowest BCUT2D eigenvalue weighted by Crippen LogP contribution is -2.31. The first-order valence-corrected chi connectivity index (χ1v) is 6.15. The standard InChI is InChI=1S/C13H15N3O2/c17-13(15-8-11-2-1-7-18-11)10-3-4-12-14-5-6-16(12)9-10/h3-6,9,11H,1-2,7-8H2,(H,15,17). The largest absolute Gasteiger partial charge is 0.376 e. The second-order valence-corrected chi connectivity index (χ2v) is 4.46. The molecule has 3 rings (SSSR count). The van der Waals surface area contributed by atoms with Gasteiger partial charge in [0.25, 0.3) is 5.91 Å². The van der Waals surface area contributed by atoms with Crippen molar-refractivity contribution in [1.29, 1.82) is 0 Å². The Morgan fingerprint density at radius 2 is 2.50 bits per heavy atom. The molecule has 0 aromatic carbocycles. The number of imidazole rings is 1. The van der Waals surface area contributed by atoms with Crippen LogP contribution in [-0.2, 0) is 4.74 Å². The maximum absolute atomic E-state index is 12.0. The highest BCUT2D eigenvalue weighted by molar-refractivity contribution is 5.94. The van der Waals surface area contributed by atoms with Crippen molar-refractivity contribution < 1.29 is 9.53 Å². The third-order valence-corrected chi connectivity index (χ3v) is 3.17. The van der Waals surface area contributed by atoms with E-state index < -0.39 is 0 Å². The number of aromatic nitrogens is 2. The van der Waals surface area contributed by atoms with Crippen LogP contribution in [0.4, 0.5) is 0 Å². The third kappa shape index (κ3) is 2.22. The summed E-state index contributed by atoms with van der Waals surface area (Å²) in [5.74, 6) is -0.0684. The van der Waals surface area contributed by atoms with Gasteiger partial charge in [-0.1, -0.05) is 0 Å². The van der Waals surface area contributed by atoms with Gasteiger partial charge in [-0.05, 0) is 25.0 Å². The van der Waals surface area contributed by atoms with E-state index in [2.05, 4.69) is 10.3 Å². The Hall–Kier alpha value is -1.88. The number of ether oxygens (including phenoxy) is 1. The van der Waals surface area contributed by atoms with Crippen molar-refractivity contribution in [2.45, 2.75) is 18.9 Å². The fraction of sp³-hybridized carbons (Fsp3) is 0.385. The number of pyridine rings is 1. The summed E-state index contributed by atoms with van der Waals surface area (Å²) in [4.78, 5) is 16.1. The number of carbonyl (C=O) groups excluding carboxylic acids is 1. The van der Waals surface area contributed by atoms with Crippen LogP contribution in [0.5, 0.6) is 0 Å². The van der Waals surface area contributed by atoms with Crippen molar-refractivity contribution in [1.82, 2.24) is 14.7 Å². The van der Waals surface area contributed by atoms with E-state index >= 15 is 0 Å². The van der Waals surface area contributed by atoms with E-state index in [1.54, 1.807) is 18.5 Å². The number of hydrogen-bond donors (Lipinski definition) is 1. The molecule has 1 saturated heterocycles. The Morgan fingerprint density at radius 1 is 1.56 bits per heavy atom. The first-order chi connectivity index (χ1) is 8.83. The van der Waals surface area contributed by atoms with Gasteiger partial charge in [0.2, 0.25) is 0 Å². The number of rotatable bonds is 3. The van der Waals surface area contributed by atoms with Crippen LogP contribution in [0.3, 0.4) is 0 Å². The number of fused-ring (bicyclic) bond motifs is 1. The van der Waals surface area contributed by atoms with Gasteiger partial charge in [-0.25, -0.2) is 4.98 Å². The molecule has 1 N–H and O–H groups in total. The van der Waals surface area contributed by atoms with Crippen molar-refractivity contribution in [3.05, 3.63) is 36.3 Å². The second kappa shape index (κ2) is 4.78. The molecular weight excluding hydrogens is 230 g/mol. The van der Waals surface area contributed by atoms with E-state index in [-0.39, 0.29) is 12.0 Å². The van der Waals surface area contributed by atoms with Crippen LogP contribution in [0.2, 0.25) is 0 Å². The van der Waals surface area contributed by atoms with E-state index in [1.165, 1.54) is 0 Å². The third-order valence-electron chi connectivity index (χ3n) is 3.17. The highest BCUT2D eigenvalue weighted by Gasteiger charge is 2.16. The average molecular weight is 245 g/mol. The van der Waals surface area contributed by atoms with E-state index in [9.17, 15) is 4.79 Å². The summed E-state index contributed by atoms with van der Waals surface area (Å²) < 4.78 is 7.30. The molecule has 1 amide bonds. The van der Waals surface area contributed by atoms with Gasteiger partial charge < -0.3 is 14.5 Å². The van der Waals surface area contributed by atoms with Crippen LogP contribution >= 0.6 is 0 Å². The second-order valence-electron chi connectivity index (χ2n) is 4.46. The van der Waals surface area contributed by atoms with Crippen LogP contribution in [-0.4, -0.2) is 34.5 Å². The highest BCUT2D eigenvalue weighted by atomic mass is 16.5. The molecule has 18 heavy (non-hydrogen) atoms. The number of hydrogen-bond acceptors (Lipinski definition) is 3. The SMILES string of the molecule is O=C(NCC1CCCO1)c1ccc2nccn2c1. The summed E-state index contributed by atoms with van der Waals surface area (Å²) in [5, 5.41) is 2.90. The molecule has 0 radical (unpaired) electrons. The number of carbonyl (C=O) groups is 1. The van der Waals surface area contributed by atoms with E-state index in [1.807, 2.05) is 16.7 Å². The van der Waals surface area contributed by atoms with E-state index in [4.69, 9.17) is 4.74 Å². The van der Waals surface area contributed by atoms with Crippen LogP contribution in [0.25, 0.3) is 5.65 Å². The maximum Gasteiger partial charge on any atom is 0.252 e. The summed E-state index contributed by atoms with van der Waals surface area (Å²) in [6, 6.07) is 3.62. The summed E-state index contributed by atoms with van der Waals surface area (Å²) >= 11 is 0. The van der Waals surface area contributed by atoms with Gasteiger partial charge in [0, 0.05) is 31.7 Å². The Morgan fingerprint density at radius 3 is 3.33 bits per heavy atom. The topological polar surface area (TPSA) is 55.6 Å². The van der Waals surface area contributed by atoms with Crippen LogP contribution < -0.4 is 5.32 Å². The molecule has 1 aliphatic heterocycles. The fourth-order valence-corrected chi connectivity index (χ4v) is 2.17. The van der Waals surface area contributed by atoms with Crippen molar-refractivity contribution in [3.8, 4) is 0 Å². The summed E-state index contributed by atoms with van der Waals surface area (Å²) in [7, 11) is 0. The predicted molar refractivity (Wildman–Crippen MR) is 66.5 cm³/mol. The van der Waals surface area contributed by atoms with Crippen LogP contribution in [0.1, 0.15) is 23.2 Å². The smallest absolute Gasteiger partial charge is 0.252 e. The summed E-state index contributed by atoms with van der Waals surface area (Å²) in [6.45, 7) is 1.39. The molecule has 1 unspecified atom stereocenters. The summed E-state index contributed by atoms with van der Waals surface area (Å²) in [6.07, 6.45) is 7.61. The quantitative estimate of drug-likeness (QED) is 0.885. The molecule has 5 heteroatoms. The van der Waals surface area contributed by atoms with Crippen molar-refractivity contribution in [2.24, 2.45) is 0 Å². The molecule has 5 nitrogen and oxygen atoms in total. The van der Waals surface area contributed by atoms with Crippen molar-refractivity contribution >= 4 is 11.6 Å². The lowest BCUT2D eigenvalue weighted by Gasteiger charge is -2.10. The molecule has 0 aliphatic carbocycles. The van der Waals surface area contributed by atoms with Gasteiger partial charge in [-0.2, -0.15) is 0 Å². The highest BCUT2D eigenvalue weighted by Crippen LogP contribution is 2.11. The van der Waals surface area contributed by atoms with Crippen molar-refractivity contribution in [2.75, 3.05) is 13.2 Å². The molecule has 0 saturated carbocycles. The van der Waals surface area contributed by atoms with Gasteiger partial charge in [0.1, 0.15) is 5.65 Å².